The van der Waals surface area contributed by atoms with Gasteiger partial charge in [-0.15, -0.1) is 0 Å². The zero-order chi connectivity index (χ0) is 13.7. The van der Waals surface area contributed by atoms with E-state index in [-0.39, 0.29) is 5.56 Å². The van der Waals surface area contributed by atoms with Gasteiger partial charge in [0.05, 0.1) is 5.69 Å². The predicted molar refractivity (Wildman–Crippen MR) is 77.1 cm³/mol. The number of rotatable bonds is 5. The monoisotopic (exact) mass is 257 g/mol. The van der Waals surface area contributed by atoms with E-state index < -0.39 is 0 Å². The van der Waals surface area contributed by atoms with E-state index in [1.165, 1.54) is 11.6 Å². The molecule has 19 heavy (non-hydrogen) atoms. The Morgan fingerprint density at radius 1 is 1.21 bits per heavy atom. The fraction of sp³-hybridized carbons (Fsp3) is 0.333. The molecule has 0 aliphatic rings. The highest BCUT2D eigenvalue weighted by Gasteiger charge is 2.04. The van der Waals surface area contributed by atoms with Crippen LogP contribution in [0.15, 0.2) is 35.1 Å². The van der Waals surface area contributed by atoms with Crippen molar-refractivity contribution >= 4 is 0 Å². The summed E-state index contributed by atoms with van der Waals surface area (Å²) in [7, 11) is 0. The van der Waals surface area contributed by atoms with Crippen LogP contribution in [0.1, 0.15) is 25.1 Å². The molecule has 0 unspecified atom stereocenters. The first-order chi connectivity index (χ1) is 9.22. The van der Waals surface area contributed by atoms with Gasteiger partial charge in [0.1, 0.15) is 5.82 Å². The van der Waals surface area contributed by atoms with Crippen LogP contribution < -0.4 is 10.9 Å². The standard InChI is InChI=1S/C15H19N3O/c1-3-11-5-7-12(8-6-11)15-17-13(10-16-4-2)9-14(19)18-15/h5-9,16H,3-4,10H2,1-2H3,(H,17,18,19). The van der Waals surface area contributed by atoms with Crippen molar-refractivity contribution in [2.24, 2.45) is 0 Å². The summed E-state index contributed by atoms with van der Waals surface area (Å²) in [6.45, 7) is 5.61. The van der Waals surface area contributed by atoms with Crippen molar-refractivity contribution in [1.82, 2.24) is 15.3 Å². The van der Waals surface area contributed by atoms with Gasteiger partial charge in [-0.3, -0.25) is 4.79 Å². The van der Waals surface area contributed by atoms with E-state index in [1.54, 1.807) is 0 Å². The van der Waals surface area contributed by atoms with E-state index in [0.717, 1.165) is 24.2 Å². The maximum Gasteiger partial charge on any atom is 0.251 e. The molecule has 100 valence electrons. The zero-order valence-electron chi connectivity index (χ0n) is 11.4. The number of hydrogen-bond donors (Lipinski definition) is 2. The van der Waals surface area contributed by atoms with Crippen LogP contribution >= 0.6 is 0 Å². The minimum Gasteiger partial charge on any atom is -0.311 e. The third-order valence-electron chi connectivity index (χ3n) is 2.99. The van der Waals surface area contributed by atoms with Crippen molar-refractivity contribution < 1.29 is 0 Å². The molecule has 0 fully saturated rings. The molecule has 0 amide bonds. The summed E-state index contributed by atoms with van der Waals surface area (Å²) in [4.78, 5) is 18.9. The SMILES string of the molecule is CCNCc1cc(=O)[nH]c(-c2ccc(CC)cc2)n1. The second-order valence-electron chi connectivity index (χ2n) is 4.42. The number of aromatic amines is 1. The number of benzene rings is 1. The third kappa shape index (κ3) is 3.51. The summed E-state index contributed by atoms with van der Waals surface area (Å²) in [6.07, 6.45) is 1.00. The van der Waals surface area contributed by atoms with E-state index in [1.807, 2.05) is 19.1 Å². The molecule has 0 bridgehead atoms. The lowest BCUT2D eigenvalue weighted by Crippen LogP contribution is -2.17. The van der Waals surface area contributed by atoms with Crippen LogP contribution in [0, 0.1) is 0 Å². The van der Waals surface area contributed by atoms with Gasteiger partial charge in [0, 0.05) is 18.2 Å². The minimum absolute atomic E-state index is 0.113. The first-order valence-corrected chi connectivity index (χ1v) is 6.63. The van der Waals surface area contributed by atoms with Crippen molar-refractivity contribution in [2.45, 2.75) is 26.8 Å². The Bertz CT molecular complexity index is 587. The molecule has 1 aromatic heterocycles. The van der Waals surface area contributed by atoms with Crippen LogP contribution in [-0.4, -0.2) is 16.5 Å². The van der Waals surface area contributed by atoms with Gasteiger partial charge in [-0.25, -0.2) is 4.98 Å². The lowest BCUT2D eigenvalue weighted by atomic mass is 10.1. The largest absolute Gasteiger partial charge is 0.311 e. The summed E-state index contributed by atoms with van der Waals surface area (Å²) >= 11 is 0. The molecule has 0 aliphatic heterocycles. The van der Waals surface area contributed by atoms with Crippen LogP contribution in [0.5, 0.6) is 0 Å². The van der Waals surface area contributed by atoms with E-state index in [0.29, 0.717) is 12.4 Å². The van der Waals surface area contributed by atoms with Crippen molar-refractivity contribution in [3.8, 4) is 11.4 Å². The molecular weight excluding hydrogens is 238 g/mol. The van der Waals surface area contributed by atoms with Crippen molar-refractivity contribution in [3.63, 3.8) is 0 Å². The third-order valence-corrected chi connectivity index (χ3v) is 2.99. The van der Waals surface area contributed by atoms with Crippen molar-refractivity contribution in [1.29, 1.82) is 0 Å². The van der Waals surface area contributed by atoms with Gasteiger partial charge in [-0.1, -0.05) is 38.1 Å². The molecule has 0 aliphatic carbocycles. The van der Waals surface area contributed by atoms with E-state index in [2.05, 4.69) is 34.3 Å². The van der Waals surface area contributed by atoms with Gasteiger partial charge < -0.3 is 10.3 Å². The molecule has 4 nitrogen and oxygen atoms in total. The molecule has 2 aromatic rings. The lowest BCUT2D eigenvalue weighted by Gasteiger charge is -2.05. The summed E-state index contributed by atoms with van der Waals surface area (Å²) in [5.41, 5.74) is 2.86. The summed E-state index contributed by atoms with van der Waals surface area (Å²) < 4.78 is 0. The number of hydrogen-bond acceptors (Lipinski definition) is 3. The predicted octanol–water partition coefficient (Wildman–Crippen LogP) is 2.11. The molecule has 0 radical (unpaired) electrons. The molecule has 1 heterocycles. The maximum atomic E-state index is 11.6. The van der Waals surface area contributed by atoms with Crippen molar-refractivity contribution in [2.75, 3.05) is 6.54 Å². The average Bonchev–Trinajstić information content (AvgIpc) is 2.44. The Morgan fingerprint density at radius 3 is 2.58 bits per heavy atom. The van der Waals surface area contributed by atoms with Crippen LogP contribution in [-0.2, 0) is 13.0 Å². The van der Waals surface area contributed by atoms with E-state index >= 15 is 0 Å². The maximum absolute atomic E-state index is 11.6. The lowest BCUT2D eigenvalue weighted by molar-refractivity contribution is 0.708. The van der Waals surface area contributed by atoms with Gasteiger partial charge in [-0.2, -0.15) is 0 Å². The number of nitrogens with zero attached hydrogens (tertiary/aromatic N) is 1. The fourth-order valence-electron chi connectivity index (χ4n) is 1.89. The summed E-state index contributed by atoms with van der Waals surface area (Å²) in [5, 5.41) is 3.17. The van der Waals surface area contributed by atoms with Crippen LogP contribution in [0.2, 0.25) is 0 Å². The fourth-order valence-corrected chi connectivity index (χ4v) is 1.89. The number of nitrogens with one attached hydrogen (secondary N) is 2. The molecule has 0 saturated carbocycles. The van der Waals surface area contributed by atoms with Gasteiger partial charge in [-0.05, 0) is 18.5 Å². The highest BCUT2D eigenvalue weighted by atomic mass is 16.1. The Kier molecular flexibility index (Phi) is 4.47. The molecule has 4 heteroatoms. The quantitative estimate of drug-likeness (QED) is 0.862. The molecule has 1 aromatic carbocycles. The number of H-pyrrole nitrogens is 1. The Hall–Kier alpha value is -1.94. The smallest absolute Gasteiger partial charge is 0.251 e. The Labute approximate surface area is 112 Å². The highest BCUT2D eigenvalue weighted by molar-refractivity contribution is 5.55. The van der Waals surface area contributed by atoms with Gasteiger partial charge in [0.2, 0.25) is 0 Å². The van der Waals surface area contributed by atoms with E-state index in [9.17, 15) is 4.79 Å². The topological polar surface area (TPSA) is 57.8 Å². The van der Waals surface area contributed by atoms with Gasteiger partial charge in [0.25, 0.3) is 5.56 Å². The molecule has 0 atom stereocenters. The molecule has 2 rings (SSSR count). The van der Waals surface area contributed by atoms with E-state index in [4.69, 9.17) is 0 Å². The van der Waals surface area contributed by atoms with Crippen LogP contribution in [0.3, 0.4) is 0 Å². The Balaban J connectivity index is 2.32. The van der Waals surface area contributed by atoms with Gasteiger partial charge in [0.15, 0.2) is 0 Å². The molecule has 2 N–H and O–H groups in total. The number of aromatic nitrogens is 2. The zero-order valence-corrected chi connectivity index (χ0v) is 11.4. The minimum atomic E-state index is -0.113. The average molecular weight is 257 g/mol. The first-order valence-electron chi connectivity index (χ1n) is 6.63. The molecule has 0 spiro atoms. The van der Waals surface area contributed by atoms with Gasteiger partial charge >= 0.3 is 0 Å². The second kappa shape index (κ2) is 6.29. The Morgan fingerprint density at radius 2 is 1.95 bits per heavy atom. The highest BCUT2D eigenvalue weighted by Crippen LogP contribution is 2.15. The van der Waals surface area contributed by atoms with Crippen LogP contribution in [0.4, 0.5) is 0 Å². The molecule has 0 saturated heterocycles. The summed E-state index contributed by atoms with van der Waals surface area (Å²) in [6, 6.07) is 9.65. The number of aryl methyl sites for hydroxylation is 1. The second-order valence-corrected chi connectivity index (χ2v) is 4.42. The first kappa shape index (κ1) is 13.5. The molecular formula is C15H19N3O. The normalized spacial score (nSPS) is 10.6. The summed E-state index contributed by atoms with van der Waals surface area (Å²) in [5.74, 6) is 0.628. The van der Waals surface area contributed by atoms with Crippen LogP contribution in [0.25, 0.3) is 11.4 Å². The van der Waals surface area contributed by atoms with Crippen molar-refractivity contribution in [3.05, 3.63) is 51.9 Å².